The van der Waals surface area contributed by atoms with Crippen LogP contribution in [0, 0.1) is 0 Å². The number of alkyl carbamates (subject to hydrolysis) is 1. The fourth-order valence-corrected chi connectivity index (χ4v) is 3.87. The van der Waals surface area contributed by atoms with Gasteiger partial charge < -0.3 is 20.9 Å². The molecule has 0 fully saturated rings. The highest BCUT2D eigenvalue weighted by atomic mass is 16.5. The van der Waals surface area contributed by atoms with Gasteiger partial charge in [-0.3, -0.25) is 0 Å². The Morgan fingerprint density at radius 1 is 1.23 bits per heavy atom. The number of benzene rings is 2. The first kappa shape index (κ1) is 22.1. The van der Waals surface area contributed by atoms with Crippen LogP contribution in [0.25, 0.3) is 21.6 Å². The van der Waals surface area contributed by atoms with Gasteiger partial charge in [-0.2, -0.15) is 0 Å². The number of nitrogens with one attached hydrogen (secondary N) is 1. The predicted octanol–water partition coefficient (Wildman–Crippen LogP) is 4.13. The van der Waals surface area contributed by atoms with E-state index in [0.29, 0.717) is 12.8 Å². The number of hydrogen-bond donors (Lipinski definition) is 3. The normalized spacial score (nSPS) is 15.0. The molecule has 0 spiro atoms. The molecule has 0 saturated heterocycles. The predicted molar refractivity (Wildman–Crippen MR) is 115 cm³/mol. The van der Waals surface area contributed by atoms with E-state index in [1.807, 2.05) is 48.5 Å². The Morgan fingerprint density at radius 3 is 2.35 bits per heavy atom. The number of carbonyl (C=O) groups excluding carboxylic acids is 1. The summed E-state index contributed by atoms with van der Waals surface area (Å²) in [5, 5.41) is 15.4. The molecule has 1 unspecified atom stereocenters. The van der Waals surface area contributed by atoms with E-state index in [9.17, 15) is 14.7 Å². The Kier molecular flexibility index (Phi) is 6.79. The number of carboxylic acids is 1. The summed E-state index contributed by atoms with van der Waals surface area (Å²) in [6.07, 6.45) is -0.767. The average molecular weight is 423 g/mol. The van der Waals surface area contributed by atoms with Crippen LogP contribution in [-0.4, -0.2) is 35.5 Å². The zero-order valence-corrected chi connectivity index (χ0v) is 17.2. The van der Waals surface area contributed by atoms with Gasteiger partial charge >= 0.3 is 12.1 Å². The van der Waals surface area contributed by atoms with E-state index in [4.69, 9.17) is 16.0 Å². The Balaban J connectivity index is 1.63. The molecule has 0 saturated carbocycles. The van der Waals surface area contributed by atoms with Crippen LogP contribution in [-0.2, 0) is 9.53 Å². The molecule has 1 aliphatic carbocycles. The Labute approximate surface area is 179 Å². The van der Waals surface area contributed by atoms with Crippen LogP contribution in [0.5, 0.6) is 0 Å². The van der Waals surface area contributed by atoms with Crippen molar-refractivity contribution in [1.82, 2.24) is 5.32 Å². The fraction of sp³-hybridized carbons (Fsp3) is 0.364. The summed E-state index contributed by atoms with van der Waals surface area (Å²) in [4.78, 5) is 26.8. The topological polar surface area (TPSA) is 150 Å². The van der Waals surface area contributed by atoms with Gasteiger partial charge in [0.2, 0.25) is 0 Å². The molecule has 4 N–H and O–H groups in total. The third-order valence-electron chi connectivity index (χ3n) is 5.57. The third-order valence-corrected chi connectivity index (χ3v) is 5.57. The fourth-order valence-electron chi connectivity index (χ4n) is 3.87. The maximum atomic E-state index is 12.5. The van der Waals surface area contributed by atoms with E-state index in [2.05, 4.69) is 15.3 Å². The number of hydrogen-bond acceptors (Lipinski definition) is 5. The molecule has 31 heavy (non-hydrogen) atoms. The summed E-state index contributed by atoms with van der Waals surface area (Å²) < 4.78 is 5.45. The van der Waals surface area contributed by atoms with Gasteiger partial charge in [0.1, 0.15) is 12.1 Å². The van der Waals surface area contributed by atoms with Crippen LogP contribution in [0.4, 0.5) is 4.79 Å². The van der Waals surface area contributed by atoms with E-state index in [-0.39, 0.29) is 18.9 Å². The number of nitrogens with two attached hydrogens (primary N) is 1. The lowest BCUT2D eigenvalue weighted by molar-refractivity contribution is -0.144. The quantitative estimate of drug-likeness (QED) is 0.315. The second kappa shape index (κ2) is 9.51. The van der Waals surface area contributed by atoms with Crippen molar-refractivity contribution in [3.63, 3.8) is 0 Å². The molecule has 0 bridgehead atoms. The van der Waals surface area contributed by atoms with Crippen molar-refractivity contribution in [2.75, 3.05) is 6.61 Å². The summed E-state index contributed by atoms with van der Waals surface area (Å²) in [7, 11) is 0. The number of nitrogens with zero attached hydrogens (tertiary/aromatic N) is 3. The van der Waals surface area contributed by atoms with Gasteiger partial charge in [0, 0.05) is 10.8 Å². The van der Waals surface area contributed by atoms with Crippen LogP contribution in [0.15, 0.2) is 53.6 Å². The van der Waals surface area contributed by atoms with E-state index in [1.165, 1.54) is 6.92 Å². The Bertz CT molecular complexity index is 975. The van der Waals surface area contributed by atoms with Crippen molar-refractivity contribution in [2.45, 2.75) is 43.8 Å². The minimum absolute atomic E-state index is 0.0946. The molecule has 2 atom stereocenters. The second-order valence-corrected chi connectivity index (χ2v) is 7.75. The van der Waals surface area contributed by atoms with Gasteiger partial charge in [-0.25, -0.2) is 9.59 Å². The monoisotopic (exact) mass is 423 g/mol. The van der Waals surface area contributed by atoms with Crippen LogP contribution in [0.1, 0.15) is 43.2 Å². The van der Waals surface area contributed by atoms with Crippen molar-refractivity contribution in [2.24, 2.45) is 10.8 Å². The first-order valence-corrected chi connectivity index (χ1v) is 10.0. The molecule has 3 rings (SSSR count). The highest BCUT2D eigenvalue weighted by Gasteiger charge is 2.36. The minimum atomic E-state index is -1.53. The minimum Gasteiger partial charge on any atom is -0.480 e. The van der Waals surface area contributed by atoms with Crippen LogP contribution in [0.3, 0.4) is 0 Å². The van der Waals surface area contributed by atoms with Crippen molar-refractivity contribution in [3.05, 3.63) is 70.1 Å². The number of rotatable bonds is 9. The highest BCUT2D eigenvalue weighted by Crippen LogP contribution is 2.44. The van der Waals surface area contributed by atoms with E-state index < -0.39 is 23.8 Å². The second-order valence-electron chi connectivity index (χ2n) is 7.75. The molecule has 1 aliphatic rings. The van der Waals surface area contributed by atoms with Crippen molar-refractivity contribution in [3.8, 4) is 11.1 Å². The first-order chi connectivity index (χ1) is 14.9. The molecule has 1 amide bonds. The van der Waals surface area contributed by atoms with Gasteiger partial charge in [-0.05, 0) is 54.0 Å². The number of carbonyl (C=O) groups is 2. The molecule has 0 radical (unpaired) electrons. The zero-order valence-electron chi connectivity index (χ0n) is 17.2. The summed E-state index contributed by atoms with van der Waals surface area (Å²) >= 11 is 0. The number of amides is 1. The highest BCUT2D eigenvalue weighted by molar-refractivity contribution is 5.84. The first-order valence-electron chi connectivity index (χ1n) is 10.0. The lowest BCUT2D eigenvalue weighted by Gasteiger charge is -2.26. The average Bonchev–Trinajstić information content (AvgIpc) is 3.06. The molecule has 9 nitrogen and oxygen atoms in total. The number of ether oxygens (including phenoxy) is 1. The van der Waals surface area contributed by atoms with Crippen LogP contribution >= 0.6 is 0 Å². The number of carboxylic acid groups (broad SMARTS) is 1. The molecular formula is C22H25N5O4. The maximum absolute atomic E-state index is 12.5. The van der Waals surface area contributed by atoms with Gasteiger partial charge in [-0.1, -0.05) is 53.6 Å². The molecule has 162 valence electrons. The van der Waals surface area contributed by atoms with Crippen molar-refractivity contribution >= 4 is 12.1 Å². The Morgan fingerprint density at radius 2 is 1.81 bits per heavy atom. The molecule has 0 aromatic heterocycles. The standard InChI is InChI=1S/C22H25N5O4/c1-22(20(28)29,12-6-11-19(23)26-27-24)25-21(30)31-13-18-16-9-4-2-7-14(16)15-8-3-5-10-17(15)18/h2-5,7-10,18-19H,6,11-13,23H2,1H3,(H,25,30)(H,28,29)/t19?,22-/m0/s1. The smallest absolute Gasteiger partial charge is 0.408 e. The molecular weight excluding hydrogens is 398 g/mol. The molecule has 9 heteroatoms. The summed E-state index contributed by atoms with van der Waals surface area (Å²) in [5.74, 6) is -1.30. The number of azide groups is 1. The van der Waals surface area contributed by atoms with E-state index in [1.54, 1.807) is 0 Å². The maximum Gasteiger partial charge on any atom is 0.408 e. The Hall–Kier alpha value is -3.55. The SMILES string of the molecule is C[C@@](CCCC(N)N=[N+]=[N-])(NC(=O)OCC1c2ccccc2-c2ccccc21)C(=O)O. The van der Waals surface area contributed by atoms with Gasteiger partial charge in [0.05, 0.1) is 6.17 Å². The number of aliphatic carboxylic acids is 1. The lowest BCUT2D eigenvalue weighted by atomic mass is 9.94. The largest absolute Gasteiger partial charge is 0.480 e. The summed E-state index contributed by atoms with van der Waals surface area (Å²) in [6.45, 7) is 1.51. The number of fused-ring (bicyclic) bond motifs is 3. The molecule has 0 heterocycles. The van der Waals surface area contributed by atoms with Gasteiger partial charge in [-0.15, -0.1) is 0 Å². The zero-order chi connectivity index (χ0) is 22.4. The summed E-state index contributed by atoms with van der Waals surface area (Å²) in [5.41, 5.74) is 16.8. The van der Waals surface area contributed by atoms with Crippen LogP contribution < -0.4 is 11.1 Å². The van der Waals surface area contributed by atoms with Gasteiger partial charge in [0.25, 0.3) is 0 Å². The van der Waals surface area contributed by atoms with E-state index in [0.717, 1.165) is 22.3 Å². The lowest BCUT2D eigenvalue weighted by Crippen LogP contribution is -2.52. The molecule has 2 aromatic carbocycles. The third kappa shape index (κ3) is 4.96. The van der Waals surface area contributed by atoms with Crippen molar-refractivity contribution in [1.29, 1.82) is 0 Å². The molecule has 0 aliphatic heterocycles. The molecule has 2 aromatic rings. The van der Waals surface area contributed by atoms with Gasteiger partial charge in [0.15, 0.2) is 0 Å². The summed E-state index contributed by atoms with van der Waals surface area (Å²) in [6, 6.07) is 15.9. The van der Waals surface area contributed by atoms with E-state index >= 15 is 0 Å². The van der Waals surface area contributed by atoms with Crippen LogP contribution in [0.2, 0.25) is 0 Å². The van der Waals surface area contributed by atoms with Crippen molar-refractivity contribution < 1.29 is 19.4 Å².